The predicted molar refractivity (Wildman–Crippen MR) is 90.5 cm³/mol. The van der Waals surface area contributed by atoms with Gasteiger partial charge in [-0.3, -0.25) is 14.2 Å². The summed E-state index contributed by atoms with van der Waals surface area (Å²) in [4.78, 5) is 30.5. The van der Waals surface area contributed by atoms with Crippen molar-refractivity contribution in [1.29, 1.82) is 0 Å². The molecule has 2 aromatic rings. The Bertz CT molecular complexity index is 718. The SMILES string of the molecule is CCCCCNC(=O)CCn1cnc2sc(C)c(C)c2c1=O. The second-order valence-electron chi connectivity index (χ2n) is 5.51. The van der Waals surface area contributed by atoms with Crippen molar-refractivity contribution in [1.82, 2.24) is 14.9 Å². The van der Waals surface area contributed by atoms with Gasteiger partial charge >= 0.3 is 0 Å². The summed E-state index contributed by atoms with van der Waals surface area (Å²) in [6.45, 7) is 7.15. The highest BCUT2D eigenvalue weighted by atomic mass is 32.1. The maximum atomic E-state index is 12.5. The number of hydrogen-bond acceptors (Lipinski definition) is 4. The summed E-state index contributed by atoms with van der Waals surface area (Å²) < 4.78 is 1.53. The molecule has 1 N–H and O–H groups in total. The highest BCUT2D eigenvalue weighted by Gasteiger charge is 2.12. The van der Waals surface area contributed by atoms with Crippen LogP contribution in [-0.4, -0.2) is 22.0 Å². The van der Waals surface area contributed by atoms with Crippen molar-refractivity contribution in [3.05, 3.63) is 27.1 Å². The summed E-state index contributed by atoms with van der Waals surface area (Å²) in [5, 5.41) is 3.58. The van der Waals surface area contributed by atoms with Gasteiger partial charge in [-0.15, -0.1) is 11.3 Å². The minimum Gasteiger partial charge on any atom is -0.356 e. The summed E-state index contributed by atoms with van der Waals surface area (Å²) in [6, 6.07) is 0. The molecule has 22 heavy (non-hydrogen) atoms. The van der Waals surface area contributed by atoms with Gasteiger partial charge in [-0.05, 0) is 25.8 Å². The molecule has 2 heterocycles. The molecule has 0 saturated carbocycles. The van der Waals surface area contributed by atoms with Gasteiger partial charge in [0.2, 0.25) is 5.91 Å². The van der Waals surface area contributed by atoms with E-state index in [2.05, 4.69) is 17.2 Å². The molecule has 0 fully saturated rings. The number of nitrogens with one attached hydrogen (secondary N) is 1. The molecule has 0 radical (unpaired) electrons. The number of amides is 1. The number of nitrogens with zero attached hydrogens (tertiary/aromatic N) is 2. The zero-order chi connectivity index (χ0) is 16.1. The lowest BCUT2D eigenvalue weighted by Crippen LogP contribution is -2.28. The molecule has 0 unspecified atom stereocenters. The molecule has 0 aliphatic rings. The summed E-state index contributed by atoms with van der Waals surface area (Å²) in [5.74, 6) is -0.0127. The van der Waals surface area contributed by atoms with E-state index in [0.29, 0.717) is 24.9 Å². The summed E-state index contributed by atoms with van der Waals surface area (Å²) in [6.07, 6.45) is 5.11. The average molecular weight is 321 g/mol. The van der Waals surface area contributed by atoms with Gasteiger partial charge in [-0.1, -0.05) is 19.8 Å². The maximum absolute atomic E-state index is 12.5. The Balaban J connectivity index is 2.00. The predicted octanol–water partition coefficient (Wildman–Crippen LogP) is 2.77. The lowest BCUT2D eigenvalue weighted by molar-refractivity contribution is -0.121. The van der Waals surface area contributed by atoms with Crippen LogP contribution >= 0.6 is 11.3 Å². The smallest absolute Gasteiger partial charge is 0.262 e. The molecule has 5 nitrogen and oxygen atoms in total. The van der Waals surface area contributed by atoms with E-state index in [-0.39, 0.29) is 11.5 Å². The molecule has 0 aromatic carbocycles. The number of carbonyl (C=O) groups is 1. The van der Waals surface area contributed by atoms with E-state index in [1.165, 1.54) is 15.9 Å². The van der Waals surface area contributed by atoms with Crippen molar-refractivity contribution in [2.75, 3.05) is 6.54 Å². The third-order valence-electron chi connectivity index (χ3n) is 3.84. The lowest BCUT2D eigenvalue weighted by Gasteiger charge is -2.07. The van der Waals surface area contributed by atoms with Crippen LogP contribution < -0.4 is 10.9 Å². The zero-order valence-electron chi connectivity index (χ0n) is 13.4. The molecule has 0 saturated heterocycles. The van der Waals surface area contributed by atoms with E-state index in [4.69, 9.17) is 0 Å². The van der Waals surface area contributed by atoms with Crippen molar-refractivity contribution in [2.24, 2.45) is 0 Å². The maximum Gasteiger partial charge on any atom is 0.262 e. The largest absolute Gasteiger partial charge is 0.356 e. The molecule has 1 amide bonds. The van der Waals surface area contributed by atoms with Crippen LogP contribution in [0.15, 0.2) is 11.1 Å². The molecule has 0 aliphatic heterocycles. The van der Waals surface area contributed by atoms with Crippen LogP contribution in [0.1, 0.15) is 43.0 Å². The molecule has 6 heteroatoms. The van der Waals surface area contributed by atoms with E-state index in [0.717, 1.165) is 34.5 Å². The van der Waals surface area contributed by atoms with Crippen molar-refractivity contribution in [3.63, 3.8) is 0 Å². The van der Waals surface area contributed by atoms with Gasteiger partial charge in [0.1, 0.15) is 4.83 Å². The number of fused-ring (bicyclic) bond motifs is 1. The first-order chi connectivity index (χ1) is 10.5. The lowest BCUT2D eigenvalue weighted by atomic mass is 10.2. The Morgan fingerprint density at radius 3 is 2.86 bits per heavy atom. The number of carbonyl (C=O) groups excluding carboxylic acids is 1. The molecular weight excluding hydrogens is 298 g/mol. The molecule has 120 valence electrons. The Labute approximate surface area is 134 Å². The second kappa shape index (κ2) is 7.54. The van der Waals surface area contributed by atoms with Gasteiger partial charge in [-0.2, -0.15) is 0 Å². The third-order valence-corrected chi connectivity index (χ3v) is 4.95. The minimum atomic E-state index is -0.0503. The van der Waals surface area contributed by atoms with Gasteiger partial charge in [0.15, 0.2) is 0 Å². The Hall–Kier alpha value is -1.69. The van der Waals surface area contributed by atoms with Gasteiger partial charge in [0.25, 0.3) is 5.56 Å². The highest BCUT2D eigenvalue weighted by molar-refractivity contribution is 7.18. The molecule has 2 aromatic heterocycles. The number of aryl methyl sites for hydroxylation is 3. The minimum absolute atomic E-state index is 0.0127. The van der Waals surface area contributed by atoms with Crippen molar-refractivity contribution >= 4 is 27.5 Å². The van der Waals surface area contributed by atoms with Gasteiger partial charge in [0.05, 0.1) is 11.7 Å². The zero-order valence-corrected chi connectivity index (χ0v) is 14.3. The number of rotatable bonds is 7. The standard InChI is InChI=1S/C16H23N3O2S/c1-4-5-6-8-17-13(20)7-9-19-10-18-15-14(16(19)21)11(2)12(3)22-15/h10H,4-9H2,1-3H3,(H,17,20). The van der Waals surface area contributed by atoms with E-state index in [1.807, 2.05) is 13.8 Å². The Morgan fingerprint density at radius 1 is 1.36 bits per heavy atom. The van der Waals surface area contributed by atoms with Crippen LogP contribution in [0.25, 0.3) is 10.2 Å². The first-order valence-electron chi connectivity index (χ1n) is 7.76. The van der Waals surface area contributed by atoms with Crippen LogP contribution in [-0.2, 0) is 11.3 Å². The van der Waals surface area contributed by atoms with E-state index in [9.17, 15) is 9.59 Å². The summed E-state index contributed by atoms with van der Waals surface area (Å²) in [7, 11) is 0. The fourth-order valence-electron chi connectivity index (χ4n) is 2.34. The van der Waals surface area contributed by atoms with Crippen LogP contribution in [0, 0.1) is 13.8 Å². The molecule has 0 aliphatic carbocycles. The molecule has 0 atom stereocenters. The molecular formula is C16H23N3O2S. The first kappa shape index (κ1) is 16.7. The molecule has 0 bridgehead atoms. The Kier molecular flexibility index (Phi) is 5.71. The van der Waals surface area contributed by atoms with E-state index in [1.54, 1.807) is 6.33 Å². The fourth-order valence-corrected chi connectivity index (χ4v) is 3.33. The van der Waals surface area contributed by atoms with Crippen molar-refractivity contribution in [2.45, 2.75) is 53.0 Å². The molecule has 0 spiro atoms. The fraction of sp³-hybridized carbons (Fsp3) is 0.562. The summed E-state index contributed by atoms with van der Waals surface area (Å²) in [5.41, 5.74) is 0.946. The van der Waals surface area contributed by atoms with E-state index < -0.39 is 0 Å². The molecule has 2 rings (SSSR count). The second-order valence-corrected chi connectivity index (χ2v) is 6.72. The number of hydrogen-bond donors (Lipinski definition) is 1. The van der Waals surface area contributed by atoms with Crippen molar-refractivity contribution in [3.8, 4) is 0 Å². The van der Waals surface area contributed by atoms with Crippen LogP contribution in [0.2, 0.25) is 0 Å². The van der Waals surface area contributed by atoms with Gasteiger partial charge < -0.3 is 5.32 Å². The van der Waals surface area contributed by atoms with Crippen LogP contribution in [0.5, 0.6) is 0 Å². The third kappa shape index (κ3) is 3.74. The Morgan fingerprint density at radius 2 is 2.14 bits per heavy atom. The number of aromatic nitrogens is 2. The van der Waals surface area contributed by atoms with Crippen molar-refractivity contribution < 1.29 is 4.79 Å². The van der Waals surface area contributed by atoms with Gasteiger partial charge in [-0.25, -0.2) is 4.98 Å². The topological polar surface area (TPSA) is 64.0 Å². The number of thiophene rings is 1. The van der Waals surface area contributed by atoms with E-state index >= 15 is 0 Å². The average Bonchev–Trinajstić information content (AvgIpc) is 2.79. The van der Waals surface area contributed by atoms with Gasteiger partial charge in [0, 0.05) is 24.4 Å². The van der Waals surface area contributed by atoms with Crippen LogP contribution in [0.3, 0.4) is 0 Å². The quantitative estimate of drug-likeness (QED) is 0.798. The first-order valence-corrected chi connectivity index (χ1v) is 8.58. The van der Waals surface area contributed by atoms with Crippen LogP contribution in [0.4, 0.5) is 0 Å². The normalized spacial score (nSPS) is 11.0. The summed E-state index contributed by atoms with van der Waals surface area (Å²) >= 11 is 1.54. The highest BCUT2D eigenvalue weighted by Crippen LogP contribution is 2.25. The monoisotopic (exact) mass is 321 g/mol. The number of unbranched alkanes of at least 4 members (excludes halogenated alkanes) is 2.